The maximum absolute atomic E-state index is 9.75. The number of nitrogens with one attached hydrogen (secondary N) is 1. The van der Waals surface area contributed by atoms with Crippen molar-refractivity contribution in [3.05, 3.63) is 18.0 Å². The molecule has 0 atom stereocenters. The Morgan fingerprint density at radius 3 is 1.83 bits per heavy atom. The normalized spacial score (nSPS) is 9.42. The van der Waals surface area contributed by atoms with E-state index in [4.69, 9.17) is 0 Å². The number of nitrogens with zero attached hydrogens (tertiary/aromatic N) is 1. The van der Waals surface area contributed by atoms with Gasteiger partial charge in [-0.25, -0.2) is 0 Å². The first kappa shape index (κ1) is 14.5. The van der Waals surface area contributed by atoms with Crippen LogP contribution in [0, 0.1) is 6.92 Å². The fourth-order valence-corrected chi connectivity index (χ4v) is 0.334. The standard InChI is InChI=1S/C4H6N2.BF4.Na/c1-4-2-3-5-6-4;2-1(3,4)5;/h2-3H,1H3,(H,5,6);;/q;-1;+1. The van der Waals surface area contributed by atoms with Crippen molar-refractivity contribution < 1.29 is 46.8 Å². The van der Waals surface area contributed by atoms with Crippen LogP contribution < -0.4 is 29.6 Å². The second-order valence-electron chi connectivity index (χ2n) is 1.71. The molecule has 0 spiro atoms. The summed E-state index contributed by atoms with van der Waals surface area (Å²) in [7, 11) is -6.00. The summed E-state index contributed by atoms with van der Waals surface area (Å²) in [6, 6.07) is 1.92. The summed E-state index contributed by atoms with van der Waals surface area (Å²) in [6.45, 7) is 1.94. The minimum absolute atomic E-state index is 0. The summed E-state index contributed by atoms with van der Waals surface area (Å²) in [4.78, 5) is 0. The topological polar surface area (TPSA) is 28.7 Å². The van der Waals surface area contributed by atoms with Crippen molar-refractivity contribution in [2.45, 2.75) is 6.92 Å². The molecular formula is C4H6BF4N2Na. The third kappa shape index (κ3) is 16.5. The minimum Gasteiger partial charge on any atom is -0.418 e. The number of halogens is 4. The first-order valence-corrected chi connectivity index (χ1v) is 2.73. The Hall–Kier alpha value is -0.00506. The van der Waals surface area contributed by atoms with E-state index in [1.165, 1.54) is 0 Å². The van der Waals surface area contributed by atoms with Crippen molar-refractivity contribution >= 4 is 7.25 Å². The minimum atomic E-state index is -6.00. The maximum Gasteiger partial charge on any atom is 1.00 e. The molecule has 0 aliphatic heterocycles. The zero-order valence-corrected chi connectivity index (χ0v) is 8.69. The molecule has 12 heavy (non-hydrogen) atoms. The Labute approximate surface area is 89.1 Å². The molecule has 0 saturated heterocycles. The van der Waals surface area contributed by atoms with Gasteiger partial charge in [-0.3, -0.25) is 5.10 Å². The van der Waals surface area contributed by atoms with Gasteiger partial charge in [-0.2, -0.15) is 5.10 Å². The van der Waals surface area contributed by atoms with Crippen LogP contribution in [0.25, 0.3) is 0 Å². The van der Waals surface area contributed by atoms with Crippen LogP contribution in [0.2, 0.25) is 0 Å². The van der Waals surface area contributed by atoms with Crippen molar-refractivity contribution in [3.63, 3.8) is 0 Å². The Bertz CT molecular complexity index is 181. The van der Waals surface area contributed by atoms with E-state index in [1.54, 1.807) is 6.20 Å². The first-order chi connectivity index (χ1) is 4.89. The average molecular weight is 192 g/mol. The molecule has 64 valence electrons. The molecule has 0 aliphatic rings. The van der Waals surface area contributed by atoms with Crippen LogP contribution in [-0.4, -0.2) is 17.5 Å². The second kappa shape index (κ2) is 6.50. The summed E-state index contributed by atoms with van der Waals surface area (Å²) < 4.78 is 39.0. The fraction of sp³-hybridized carbons (Fsp3) is 0.250. The molecular weight excluding hydrogens is 186 g/mol. The van der Waals surface area contributed by atoms with Crippen LogP contribution in [0.15, 0.2) is 12.3 Å². The first-order valence-electron chi connectivity index (χ1n) is 2.73. The van der Waals surface area contributed by atoms with Crippen molar-refractivity contribution in [1.82, 2.24) is 10.2 Å². The number of hydrogen-bond acceptors (Lipinski definition) is 1. The van der Waals surface area contributed by atoms with Gasteiger partial charge in [0.25, 0.3) is 0 Å². The van der Waals surface area contributed by atoms with Gasteiger partial charge < -0.3 is 17.3 Å². The summed E-state index contributed by atoms with van der Waals surface area (Å²) in [5.74, 6) is 0. The average Bonchev–Trinajstić information content (AvgIpc) is 2.12. The SMILES string of the molecule is Cc1cc[nH]n1.F[B-](F)(F)F.[Na+]. The van der Waals surface area contributed by atoms with Gasteiger partial charge in [0.05, 0.1) is 5.69 Å². The Morgan fingerprint density at radius 1 is 1.33 bits per heavy atom. The van der Waals surface area contributed by atoms with E-state index in [-0.39, 0.29) is 29.6 Å². The molecule has 1 aromatic rings. The van der Waals surface area contributed by atoms with Gasteiger partial charge in [0.2, 0.25) is 0 Å². The molecule has 0 aromatic carbocycles. The Morgan fingerprint density at radius 2 is 1.75 bits per heavy atom. The van der Waals surface area contributed by atoms with Gasteiger partial charge in [0.1, 0.15) is 0 Å². The zero-order chi connectivity index (χ0) is 8.91. The number of H-pyrrole nitrogens is 1. The van der Waals surface area contributed by atoms with E-state index in [0.717, 1.165) is 5.69 Å². The molecule has 0 bridgehead atoms. The van der Waals surface area contributed by atoms with Gasteiger partial charge in [-0.1, -0.05) is 0 Å². The molecule has 0 amide bonds. The molecule has 1 rings (SSSR count). The summed E-state index contributed by atoms with van der Waals surface area (Å²) in [6.07, 6.45) is 1.80. The molecule has 0 radical (unpaired) electrons. The monoisotopic (exact) mass is 192 g/mol. The molecule has 0 unspecified atom stereocenters. The van der Waals surface area contributed by atoms with E-state index >= 15 is 0 Å². The fourth-order valence-electron chi connectivity index (χ4n) is 0.334. The van der Waals surface area contributed by atoms with Gasteiger partial charge in [-0.05, 0) is 13.0 Å². The molecule has 0 fully saturated rings. The molecule has 8 heteroatoms. The molecule has 0 aliphatic carbocycles. The maximum atomic E-state index is 9.75. The Balaban J connectivity index is 0. The smallest absolute Gasteiger partial charge is 0.418 e. The van der Waals surface area contributed by atoms with E-state index < -0.39 is 7.25 Å². The third-order valence-corrected chi connectivity index (χ3v) is 0.640. The van der Waals surface area contributed by atoms with E-state index in [0.29, 0.717) is 0 Å². The van der Waals surface area contributed by atoms with E-state index in [2.05, 4.69) is 10.2 Å². The molecule has 1 heterocycles. The second-order valence-corrected chi connectivity index (χ2v) is 1.71. The van der Waals surface area contributed by atoms with E-state index in [9.17, 15) is 17.3 Å². The summed E-state index contributed by atoms with van der Waals surface area (Å²) >= 11 is 0. The van der Waals surface area contributed by atoms with Crippen LogP contribution in [0.1, 0.15) is 5.69 Å². The Kier molecular flexibility index (Phi) is 7.87. The van der Waals surface area contributed by atoms with Crippen molar-refractivity contribution in [2.75, 3.05) is 0 Å². The number of aryl methyl sites for hydroxylation is 1. The van der Waals surface area contributed by atoms with Crippen molar-refractivity contribution in [3.8, 4) is 0 Å². The van der Waals surface area contributed by atoms with Gasteiger partial charge in [-0.15, -0.1) is 0 Å². The molecule has 1 aromatic heterocycles. The van der Waals surface area contributed by atoms with Crippen LogP contribution >= 0.6 is 0 Å². The van der Waals surface area contributed by atoms with Gasteiger partial charge in [0.15, 0.2) is 0 Å². The molecule has 0 saturated carbocycles. The number of aromatic nitrogens is 2. The molecule has 2 nitrogen and oxygen atoms in total. The van der Waals surface area contributed by atoms with Gasteiger partial charge >= 0.3 is 36.8 Å². The largest absolute Gasteiger partial charge is 1.00 e. The van der Waals surface area contributed by atoms with Crippen LogP contribution in [-0.2, 0) is 0 Å². The number of rotatable bonds is 0. The predicted molar refractivity (Wildman–Crippen MR) is 33.5 cm³/mol. The van der Waals surface area contributed by atoms with Crippen LogP contribution in [0.5, 0.6) is 0 Å². The van der Waals surface area contributed by atoms with Crippen molar-refractivity contribution in [2.24, 2.45) is 0 Å². The third-order valence-electron chi connectivity index (χ3n) is 0.640. The van der Waals surface area contributed by atoms with Crippen LogP contribution in [0.4, 0.5) is 17.3 Å². The molecule has 1 N–H and O–H groups in total. The summed E-state index contributed by atoms with van der Waals surface area (Å²) in [5, 5.41) is 6.47. The van der Waals surface area contributed by atoms with Crippen molar-refractivity contribution in [1.29, 1.82) is 0 Å². The quantitative estimate of drug-likeness (QED) is 0.415. The van der Waals surface area contributed by atoms with E-state index in [1.807, 2.05) is 13.0 Å². The number of aromatic amines is 1. The number of hydrogen-bond donors (Lipinski definition) is 1. The van der Waals surface area contributed by atoms with Gasteiger partial charge in [0, 0.05) is 6.20 Å². The zero-order valence-electron chi connectivity index (χ0n) is 6.69. The predicted octanol–water partition coefficient (Wildman–Crippen LogP) is -0.978. The summed E-state index contributed by atoms with van der Waals surface area (Å²) in [5.41, 5.74) is 1.04. The van der Waals surface area contributed by atoms with Crippen LogP contribution in [0.3, 0.4) is 0 Å².